The van der Waals surface area contributed by atoms with E-state index in [9.17, 15) is 18.0 Å². The van der Waals surface area contributed by atoms with Crippen molar-refractivity contribution in [1.29, 1.82) is 0 Å². The molecular formula is C15H17ClN2O6S. The van der Waals surface area contributed by atoms with Crippen LogP contribution in [0.2, 0.25) is 5.15 Å². The Balaban J connectivity index is 1.72. The van der Waals surface area contributed by atoms with Gasteiger partial charge in [-0.25, -0.2) is 22.7 Å². The third-order valence-corrected chi connectivity index (χ3v) is 6.28. The summed E-state index contributed by atoms with van der Waals surface area (Å²) in [6.45, 7) is 1.95. The summed E-state index contributed by atoms with van der Waals surface area (Å²) in [6.07, 6.45) is 2.54. The minimum atomic E-state index is -3.06. The summed E-state index contributed by atoms with van der Waals surface area (Å²) in [5.41, 5.74) is 1.08. The molecule has 0 aliphatic carbocycles. The predicted molar refractivity (Wildman–Crippen MR) is 88.8 cm³/mol. The van der Waals surface area contributed by atoms with Crippen molar-refractivity contribution in [3.8, 4) is 0 Å². The van der Waals surface area contributed by atoms with Crippen molar-refractivity contribution < 1.29 is 27.5 Å². The molecule has 8 nitrogen and oxygen atoms in total. The van der Waals surface area contributed by atoms with Crippen molar-refractivity contribution in [3.05, 3.63) is 22.5 Å². The lowest BCUT2D eigenvalue weighted by molar-refractivity contribution is -0.156. The quantitative estimate of drug-likeness (QED) is 0.561. The molecule has 0 aromatic carbocycles. The van der Waals surface area contributed by atoms with E-state index in [0.717, 1.165) is 6.08 Å². The molecule has 0 unspecified atom stereocenters. The number of aryl methyl sites for hydroxylation is 1. The Morgan fingerprint density at radius 1 is 1.44 bits per heavy atom. The van der Waals surface area contributed by atoms with Gasteiger partial charge in [0.15, 0.2) is 9.84 Å². The zero-order valence-electron chi connectivity index (χ0n) is 13.5. The van der Waals surface area contributed by atoms with E-state index in [2.05, 4.69) is 5.10 Å². The van der Waals surface area contributed by atoms with Crippen LogP contribution in [0.1, 0.15) is 30.1 Å². The monoisotopic (exact) mass is 388 g/mol. The highest BCUT2D eigenvalue weighted by atomic mass is 35.5. The Morgan fingerprint density at radius 3 is 2.80 bits per heavy atom. The fourth-order valence-electron chi connectivity index (χ4n) is 2.85. The van der Waals surface area contributed by atoms with Crippen LogP contribution in [0.4, 0.5) is 0 Å². The molecule has 10 heteroatoms. The van der Waals surface area contributed by atoms with E-state index in [4.69, 9.17) is 21.1 Å². The van der Waals surface area contributed by atoms with Crippen LogP contribution in [-0.2, 0) is 28.9 Å². The minimum Gasteiger partial charge on any atom is -0.463 e. The summed E-state index contributed by atoms with van der Waals surface area (Å²) in [7, 11) is -3.06. The highest BCUT2D eigenvalue weighted by Crippen LogP contribution is 2.30. The standard InChI is InChI=1S/C15H17ClN2O6S/c1-9-11(2-3-13(19)24-12-4-6-23-15(12)20)14(16)18(17-9)10-5-7-25(21,22)8-10/h2-3,10,12H,4-8H2,1H3/b3-2+/t10-,12-/m0/s1. The first-order valence-electron chi connectivity index (χ1n) is 7.77. The zero-order valence-corrected chi connectivity index (χ0v) is 15.0. The van der Waals surface area contributed by atoms with E-state index in [1.165, 1.54) is 10.8 Å². The van der Waals surface area contributed by atoms with Gasteiger partial charge >= 0.3 is 11.9 Å². The highest BCUT2D eigenvalue weighted by Gasteiger charge is 2.32. The van der Waals surface area contributed by atoms with E-state index in [1.807, 2.05) is 0 Å². The second kappa shape index (κ2) is 6.80. The second-order valence-electron chi connectivity index (χ2n) is 6.01. The summed E-state index contributed by atoms with van der Waals surface area (Å²) in [4.78, 5) is 23.1. The fraction of sp³-hybridized carbons (Fsp3) is 0.533. The molecule has 2 aliphatic heterocycles. The Labute approximate surface area is 149 Å². The number of hydrogen-bond donors (Lipinski definition) is 0. The maximum atomic E-state index is 11.8. The zero-order chi connectivity index (χ0) is 18.2. The first kappa shape index (κ1) is 17.9. The number of nitrogens with zero attached hydrogens (tertiary/aromatic N) is 2. The average molecular weight is 389 g/mol. The second-order valence-corrected chi connectivity index (χ2v) is 8.59. The van der Waals surface area contributed by atoms with Gasteiger partial charge in [-0.2, -0.15) is 5.10 Å². The largest absolute Gasteiger partial charge is 0.463 e. The molecule has 0 amide bonds. The first-order valence-corrected chi connectivity index (χ1v) is 9.97. The van der Waals surface area contributed by atoms with Crippen LogP contribution in [-0.4, -0.2) is 54.4 Å². The van der Waals surface area contributed by atoms with Crippen LogP contribution >= 0.6 is 11.6 Å². The van der Waals surface area contributed by atoms with Crippen molar-refractivity contribution in [2.24, 2.45) is 0 Å². The number of ether oxygens (including phenoxy) is 2. The van der Waals surface area contributed by atoms with Crippen LogP contribution in [0.25, 0.3) is 6.08 Å². The third-order valence-electron chi connectivity index (χ3n) is 4.16. The summed E-state index contributed by atoms with van der Waals surface area (Å²) in [6, 6.07) is -0.307. The number of halogens is 1. The number of hydrogen-bond acceptors (Lipinski definition) is 7. The van der Waals surface area contributed by atoms with Gasteiger partial charge < -0.3 is 9.47 Å². The molecule has 0 spiro atoms. The van der Waals surface area contributed by atoms with Crippen LogP contribution < -0.4 is 0 Å². The maximum absolute atomic E-state index is 11.8. The molecule has 2 saturated heterocycles. The molecule has 3 rings (SSSR count). The molecule has 2 aliphatic rings. The number of rotatable bonds is 4. The number of carbonyl (C=O) groups is 2. The van der Waals surface area contributed by atoms with E-state index < -0.39 is 27.9 Å². The summed E-state index contributed by atoms with van der Waals surface area (Å²) in [5, 5.41) is 4.56. The SMILES string of the molecule is Cc1nn([C@H]2CCS(=O)(=O)C2)c(Cl)c1/C=C/C(=O)O[C@H]1CCOC1=O. The van der Waals surface area contributed by atoms with Crippen molar-refractivity contribution in [2.45, 2.75) is 31.9 Å². The highest BCUT2D eigenvalue weighted by molar-refractivity contribution is 7.91. The Morgan fingerprint density at radius 2 is 2.20 bits per heavy atom. The van der Waals surface area contributed by atoms with Gasteiger partial charge in [-0.15, -0.1) is 0 Å². The van der Waals surface area contributed by atoms with E-state index in [0.29, 0.717) is 24.1 Å². The molecule has 1 aromatic rings. The van der Waals surface area contributed by atoms with Crippen molar-refractivity contribution in [1.82, 2.24) is 9.78 Å². The number of esters is 2. The van der Waals surface area contributed by atoms with Gasteiger partial charge in [-0.05, 0) is 19.4 Å². The van der Waals surface area contributed by atoms with Crippen LogP contribution in [0.3, 0.4) is 0 Å². The molecule has 25 heavy (non-hydrogen) atoms. The average Bonchev–Trinajstić information content (AvgIpc) is 3.17. The van der Waals surface area contributed by atoms with Crippen LogP contribution in [0, 0.1) is 6.92 Å². The maximum Gasteiger partial charge on any atom is 0.347 e. The number of aromatic nitrogens is 2. The summed E-state index contributed by atoms with van der Waals surface area (Å²) in [5.74, 6) is -1.12. The molecule has 2 fully saturated rings. The van der Waals surface area contributed by atoms with Gasteiger partial charge in [-0.3, -0.25) is 0 Å². The molecule has 136 valence electrons. The third kappa shape index (κ3) is 3.87. The first-order chi connectivity index (χ1) is 11.8. The lowest BCUT2D eigenvalue weighted by Gasteiger charge is -2.09. The van der Waals surface area contributed by atoms with Gasteiger partial charge in [0.1, 0.15) is 5.15 Å². The Kier molecular flexibility index (Phi) is 4.88. The number of cyclic esters (lactones) is 1. The fourth-order valence-corrected chi connectivity index (χ4v) is 4.91. The van der Waals surface area contributed by atoms with Gasteiger partial charge in [0.25, 0.3) is 0 Å². The Bertz CT molecular complexity index is 844. The topological polar surface area (TPSA) is 105 Å². The van der Waals surface area contributed by atoms with E-state index in [1.54, 1.807) is 6.92 Å². The molecule has 0 radical (unpaired) electrons. The van der Waals surface area contributed by atoms with Gasteiger partial charge in [0, 0.05) is 18.1 Å². The summed E-state index contributed by atoms with van der Waals surface area (Å²) >= 11 is 6.31. The molecule has 1 aromatic heterocycles. The summed E-state index contributed by atoms with van der Waals surface area (Å²) < 4.78 is 34.5. The smallest absolute Gasteiger partial charge is 0.347 e. The molecular weight excluding hydrogens is 372 g/mol. The number of sulfone groups is 1. The van der Waals surface area contributed by atoms with E-state index in [-0.39, 0.29) is 29.3 Å². The van der Waals surface area contributed by atoms with E-state index >= 15 is 0 Å². The van der Waals surface area contributed by atoms with Gasteiger partial charge in [0.05, 0.1) is 29.8 Å². The van der Waals surface area contributed by atoms with Crippen molar-refractivity contribution >= 4 is 39.5 Å². The van der Waals surface area contributed by atoms with Crippen molar-refractivity contribution in [3.63, 3.8) is 0 Å². The molecule has 2 atom stereocenters. The molecule has 0 saturated carbocycles. The van der Waals surface area contributed by atoms with Crippen molar-refractivity contribution in [2.75, 3.05) is 18.1 Å². The minimum absolute atomic E-state index is 0.00281. The van der Waals surface area contributed by atoms with Gasteiger partial charge in [-0.1, -0.05) is 11.6 Å². The predicted octanol–water partition coefficient (Wildman–Crippen LogP) is 1.08. The van der Waals surface area contributed by atoms with Gasteiger partial charge in [0.2, 0.25) is 6.10 Å². The molecule has 3 heterocycles. The molecule has 0 bridgehead atoms. The molecule has 0 N–H and O–H groups in total. The number of carbonyl (C=O) groups excluding carboxylic acids is 2. The lowest BCUT2D eigenvalue weighted by atomic mass is 10.2. The lowest BCUT2D eigenvalue weighted by Crippen LogP contribution is -2.21. The normalized spacial score (nSPS) is 25.4. The Hall–Kier alpha value is -1.87. The van der Waals surface area contributed by atoms with Crippen LogP contribution in [0.15, 0.2) is 6.08 Å². The van der Waals surface area contributed by atoms with Crippen LogP contribution in [0.5, 0.6) is 0 Å².